The molecule has 0 saturated heterocycles. The Kier molecular flexibility index (Phi) is 3.96. The largest absolute Gasteiger partial charge is 0.398 e. The van der Waals surface area contributed by atoms with Crippen LogP contribution in [0.5, 0.6) is 0 Å². The fourth-order valence-corrected chi connectivity index (χ4v) is 3.65. The van der Waals surface area contributed by atoms with Crippen LogP contribution in [0.15, 0.2) is 27.6 Å². The van der Waals surface area contributed by atoms with Crippen LogP contribution in [-0.2, 0) is 14.8 Å². The molecule has 2 rings (SSSR count). The number of hydrogen-bond donors (Lipinski definition) is 2. The van der Waals surface area contributed by atoms with Gasteiger partial charge in [0.1, 0.15) is 4.90 Å². The number of nitrogens with two attached hydrogens (primary N) is 1. The molecular formula is C11H15BrN2O3S. The Balaban J connectivity index is 2.11. The van der Waals surface area contributed by atoms with Gasteiger partial charge in [-0.25, -0.2) is 13.1 Å². The molecule has 0 spiro atoms. The van der Waals surface area contributed by atoms with Crippen molar-refractivity contribution in [2.24, 2.45) is 0 Å². The highest BCUT2D eigenvalue weighted by molar-refractivity contribution is 9.10. The third-order valence-electron chi connectivity index (χ3n) is 3.01. The number of anilines is 1. The van der Waals surface area contributed by atoms with Gasteiger partial charge in [-0.05, 0) is 31.0 Å². The fourth-order valence-electron chi connectivity index (χ4n) is 1.90. The molecule has 0 heterocycles. The highest BCUT2D eigenvalue weighted by atomic mass is 79.9. The monoisotopic (exact) mass is 334 g/mol. The average molecular weight is 335 g/mol. The zero-order valence-electron chi connectivity index (χ0n) is 9.89. The van der Waals surface area contributed by atoms with Crippen molar-refractivity contribution in [2.75, 3.05) is 12.8 Å². The Hall–Kier alpha value is -0.630. The maximum absolute atomic E-state index is 12.1. The van der Waals surface area contributed by atoms with Crippen LogP contribution in [0.4, 0.5) is 5.69 Å². The van der Waals surface area contributed by atoms with Crippen molar-refractivity contribution in [1.29, 1.82) is 0 Å². The minimum Gasteiger partial charge on any atom is -0.398 e. The van der Waals surface area contributed by atoms with Crippen LogP contribution in [0.2, 0.25) is 0 Å². The summed E-state index contributed by atoms with van der Waals surface area (Å²) >= 11 is 3.24. The molecule has 0 bridgehead atoms. The first-order chi connectivity index (χ1) is 8.42. The van der Waals surface area contributed by atoms with Crippen LogP contribution >= 0.6 is 15.9 Å². The molecule has 1 aliphatic carbocycles. The third kappa shape index (κ3) is 2.85. The topological polar surface area (TPSA) is 81.4 Å². The van der Waals surface area contributed by atoms with Crippen molar-refractivity contribution in [3.63, 3.8) is 0 Å². The van der Waals surface area contributed by atoms with Crippen molar-refractivity contribution >= 4 is 31.6 Å². The van der Waals surface area contributed by atoms with Crippen molar-refractivity contribution in [3.8, 4) is 0 Å². The smallest absolute Gasteiger partial charge is 0.242 e. The molecule has 0 amide bonds. The second-order valence-electron chi connectivity index (χ2n) is 4.33. The lowest BCUT2D eigenvalue weighted by Gasteiger charge is -2.34. The van der Waals surface area contributed by atoms with Crippen LogP contribution in [0.3, 0.4) is 0 Å². The van der Waals surface area contributed by atoms with Gasteiger partial charge in [0.15, 0.2) is 0 Å². The lowest BCUT2D eigenvalue weighted by molar-refractivity contribution is 0.0236. The van der Waals surface area contributed by atoms with E-state index in [1.54, 1.807) is 19.2 Å². The van der Waals surface area contributed by atoms with Crippen molar-refractivity contribution < 1.29 is 13.2 Å². The molecule has 1 aliphatic rings. The van der Waals surface area contributed by atoms with E-state index in [1.165, 1.54) is 6.07 Å². The van der Waals surface area contributed by atoms with Gasteiger partial charge in [0.2, 0.25) is 10.0 Å². The van der Waals surface area contributed by atoms with Crippen molar-refractivity contribution in [3.05, 3.63) is 22.7 Å². The lowest BCUT2D eigenvalue weighted by atomic mass is 9.90. The summed E-state index contributed by atoms with van der Waals surface area (Å²) in [6, 6.07) is 4.66. The maximum atomic E-state index is 12.1. The number of ether oxygens (including phenoxy) is 1. The summed E-state index contributed by atoms with van der Waals surface area (Å²) < 4.78 is 32.7. The first kappa shape index (κ1) is 13.8. The molecule has 1 aromatic carbocycles. The number of nitrogen functional groups attached to an aromatic ring is 1. The first-order valence-corrected chi connectivity index (χ1v) is 7.80. The molecule has 0 unspecified atom stereocenters. The van der Waals surface area contributed by atoms with Crippen molar-refractivity contribution in [1.82, 2.24) is 4.72 Å². The van der Waals surface area contributed by atoms with Crippen LogP contribution in [0.25, 0.3) is 0 Å². The van der Waals surface area contributed by atoms with Gasteiger partial charge in [-0.15, -0.1) is 0 Å². The molecule has 0 aromatic heterocycles. The summed E-state index contributed by atoms with van der Waals surface area (Å²) in [7, 11) is -1.92. The Labute approximate surface area is 115 Å². The van der Waals surface area contributed by atoms with Gasteiger partial charge in [0.05, 0.1) is 11.8 Å². The van der Waals surface area contributed by atoms with E-state index in [1.807, 2.05) is 0 Å². The van der Waals surface area contributed by atoms with E-state index in [2.05, 4.69) is 20.7 Å². The Bertz CT molecular complexity index is 541. The predicted octanol–water partition coefficient (Wildman–Crippen LogP) is 1.49. The van der Waals surface area contributed by atoms with E-state index in [4.69, 9.17) is 10.5 Å². The maximum Gasteiger partial charge on any atom is 0.242 e. The average Bonchev–Trinajstić information content (AvgIpc) is 2.22. The highest BCUT2D eigenvalue weighted by Crippen LogP contribution is 2.27. The molecule has 0 aliphatic heterocycles. The standard InChI is InChI=1S/C11H15BrN2O3S/c1-17-9-5-8(6-9)14-18(15,16)11-3-2-7(12)4-10(11)13/h2-4,8-9,14H,5-6,13H2,1H3. The Morgan fingerprint density at radius 1 is 1.44 bits per heavy atom. The van der Waals surface area contributed by atoms with Gasteiger partial charge < -0.3 is 10.5 Å². The summed E-state index contributed by atoms with van der Waals surface area (Å²) in [5.41, 5.74) is 5.96. The Morgan fingerprint density at radius 2 is 2.11 bits per heavy atom. The predicted molar refractivity (Wildman–Crippen MR) is 72.7 cm³/mol. The minimum absolute atomic E-state index is 0.0667. The molecule has 7 heteroatoms. The number of benzene rings is 1. The molecule has 1 fully saturated rings. The number of rotatable bonds is 4. The molecular weight excluding hydrogens is 320 g/mol. The molecule has 3 N–H and O–H groups in total. The molecule has 0 radical (unpaired) electrons. The number of halogens is 1. The van der Waals surface area contributed by atoms with Crippen LogP contribution < -0.4 is 10.5 Å². The Morgan fingerprint density at radius 3 is 2.67 bits per heavy atom. The summed E-state index contributed by atoms with van der Waals surface area (Å²) in [5.74, 6) is 0. The van der Waals surface area contributed by atoms with Gasteiger partial charge in [0, 0.05) is 17.6 Å². The molecule has 100 valence electrons. The summed E-state index contributed by atoms with van der Waals surface area (Å²) in [6.45, 7) is 0. The quantitative estimate of drug-likeness (QED) is 0.817. The lowest BCUT2D eigenvalue weighted by Crippen LogP contribution is -2.47. The second kappa shape index (κ2) is 5.16. The highest BCUT2D eigenvalue weighted by Gasteiger charge is 2.33. The molecule has 0 atom stereocenters. The van der Waals surface area contributed by atoms with E-state index in [9.17, 15) is 8.42 Å². The van der Waals surface area contributed by atoms with Gasteiger partial charge in [-0.2, -0.15) is 0 Å². The van der Waals surface area contributed by atoms with E-state index in [-0.39, 0.29) is 22.7 Å². The summed E-state index contributed by atoms with van der Waals surface area (Å²) in [5, 5.41) is 0. The van der Waals surface area contributed by atoms with Gasteiger partial charge in [0.25, 0.3) is 0 Å². The third-order valence-corrected chi connectivity index (χ3v) is 5.10. The zero-order chi connectivity index (χ0) is 13.3. The van der Waals surface area contributed by atoms with Gasteiger partial charge in [-0.3, -0.25) is 0 Å². The van der Waals surface area contributed by atoms with E-state index in [0.717, 1.165) is 4.47 Å². The van der Waals surface area contributed by atoms with Crippen molar-refractivity contribution in [2.45, 2.75) is 29.9 Å². The van der Waals surface area contributed by atoms with Crippen LogP contribution in [0.1, 0.15) is 12.8 Å². The van der Waals surface area contributed by atoms with E-state index in [0.29, 0.717) is 12.8 Å². The van der Waals surface area contributed by atoms with Crippen LogP contribution in [0, 0.1) is 0 Å². The summed E-state index contributed by atoms with van der Waals surface area (Å²) in [6.07, 6.45) is 1.55. The zero-order valence-corrected chi connectivity index (χ0v) is 12.3. The first-order valence-electron chi connectivity index (χ1n) is 5.52. The number of hydrogen-bond acceptors (Lipinski definition) is 4. The van der Waals surface area contributed by atoms with E-state index >= 15 is 0 Å². The van der Waals surface area contributed by atoms with E-state index < -0.39 is 10.0 Å². The van der Waals surface area contributed by atoms with Crippen LogP contribution in [-0.4, -0.2) is 27.7 Å². The minimum atomic E-state index is -3.55. The number of methoxy groups -OCH3 is 1. The van der Waals surface area contributed by atoms with Gasteiger partial charge >= 0.3 is 0 Å². The molecule has 1 aromatic rings. The SMILES string of the molecule is COC1CC(NS(=O)(=O)c2ccc(Br)cc2N)C1. The molecule has 5 nitrogen and oxygen atoms in total. The summed E-state index contributed by atoms with van der Waals surface area (Å²) in [4.78, 5) is 0.117. The number of sulfonamides is 1. The molecule has 1 saturated carbocycles. The van der Waals surface area contributed by atoms with Gasteiger partial charge in [-0.1, -0.05) is 15.9 Å². The fraction of sp³-hybridized carbons (Fsp3) is 0.455. The second-order valence-corrected chi connectivity index (χ2v) is 6.93. The number of nitrogens with one attached hydrogen (secondary N) is 1. The normalized spacial score (nSPS) is 23.7. The molecule has 18 heavy (non-hydrogen) atoms.